The molecule has 0 N–H and O–H groups in total. The first kappa shape index (κ1) is 36.4. The zero-order valence-electron chi connectivity index (χ0n) is 35.4. The quantitative estimate of drug-likeness (QED) is 0.167. The lowest BCUT2D eigenvalue weighted by molar-refractivity contribution is 0.660. The fraction of sp³-hybridized carbons (Fsp3) is 0.100. The largest absolute Gasteiger partial charge is 0.456 e. The van der Waals surface area contributed by atoms with Gasteiger partial charge in [0.25, 0.3) is 0 Å². The zero-order valence-corrected chi connectivity index (χ0v) is 35.4. The van der Waals surface area contributed by atoms with Crippen molar-refractivity contribution in [2.45, 2.75) is 38.5 Å². The molecule has 0 bridgehead atoms. The second-order valence-corrected chi connectivity index (χ2v) is 18.1. The van der Waals surface area contributed by atoms with Crippen LogP contribution in [0.5, 0.6) is 0 Å². The summed E-state index contributed by atoms with van der Waals surface area (Å²) < 4.78 is 6.28. The van der Waals surface area contributed by atoms with Gasteiger partial charge in [-0.1, -0.05) is 167 Å². The van der Waals surface area contributed by atoms with Crippen LogP contribution < -0.4 is 4.90 Å². The zero-order chi connectivity index (χ0) is 41.7. The summed E-state index contributed by atoms with van der Waals surface area (Å²) in [6.07, 6.45) is 0. The van der Waals surface area contributed by atoms with E-state index in [1.165, 1.54) is 72.3 Å². The second kappa shape index (κ2) is 13.5. The maximum absolute atomic E-state index is 6.28. The summed E-state index contributed by atoms with van der Waals surface area (Å²) in [5.74, 6) is 0. The lowest BCUT2D eigenvalue weighted by Crippen LogP contribution is -2.16. The Bertz CT molecular complexity index is 3420. The highest BCUT2D eigenvalue weighted by Gasteiger charge is 2.37. The minimum absolute atomic E-state index is 0.0136. The molecular weight excluding hydrogens is 751 g/mol. The Balaban J connectivity index is 0.963. The fourth-order valence-electron chi connectivity index (χ4n) is 10.7. The van der Waals surface area contributed by atoms with E-state index < -0.39 is 0 Å². The SMILES string of the molecule is CC1(C)c2ccccc2-c2cc(-c3cccc(-c4cccc(N(c5ccc(-c6cccc7oc8ccccc8c67)cc5)c5ccc6c(c5)C(C)(C)c5ccccc5-6)c4)c3)ccc21. The smallest absolute Gasteiger partial charge is 0.136 e. The van der Waals surface area contributed by atoms with Crippen LogP contribution in [0.3, 0.4) is 0 Å². The number of para-hydroxylation sites is 1. The van der Waals surface area contributed by atoms with Crippen LogP contribution in [0.2, 0.25) is 0 Å². The first-order valence-electron chi connectivity index (χ1n) is 21.7. The standard InChI is InChI=1S/C60H45NO/c1-59(2)53-23-9-6-19-48(53)51-36-42(28-33-54(51)59)40-15-11-14-39(34-40)41-16-12-17-44(35-41)61(45-31-32-49-47-18-5-8-22-52(47)60(3,4)55(49)37-45)43-29-26-38(27-30-43)46-21-13-25-57-58(46)50-20-7-10-24-56(50)62-57/h5-37H,1-4H3. The summed E-state index contributed by atoms with van der Waals surface area (Å²) in [5.41, 5.74) is 23.0. The lowest BCUT2D eigenvalue weighted by atomic mass is 9.82. The van der Waals surface area contributed by atoms with Gasteiger partial charge in [0.1, 0.15) is 11.2 Å². The molecule has 0 saturated carbocycles. The molecule has 1 aromatic heterocycles. The molecule has 2 nitrogen and oxygen atoms in total. The van der Waals surface area contributed by atoms with Crippen LogP contribution in [0.4, 0.5) is 17.1 Å². The van der Waals surface area contributed by atoms with Crippen molar-refractivity contribution in [2.24, 2.45) is 0 Å². The van der Waals surface area contributed by atoms with Crippen LogP contribution in [-0.4, -0.2) is 0 Å². The van der Waals surface area contributed by atoms with Crippen molar-refractivity contribution in [1.82, 2.24) is 0 Å². The molecule has 1 heterocycles. The summed E-state index contributed by atoms with van der Waals surface area (Å²) in [6.45, 7) is 9.40. The molecule has 0 aliphatic heterocycles. The third-order valence-electron chi connectivity index (χ3n) is 13.9. The molecule has 0 atom stereocenters. The van der Waals surface area contributed by atoms with Gasteiger partial charge in [0.15, 0.2) is 0 Å². The van der Waals surface area contributed by atoms with Gasteiger partial charge >= 0.3 is 0 Å². The van der Waals surface area contributed by atoms with Crippen molar-refractivity contribution in [3.63, 3.8) is 0 Å². The van der Waals surface area contributed by atoms with Gasteiger partial charge in [-0.2, -0.15) is 0 Å². The van der Waals surface area contributed by atoms with Gasteiger partial charge in [0, 0.05) is 38.7 Å². The summed E-state index contributed by atoms with van der Waals surface area (Å²) in [7, 11) is 0. The van der Waals surface area contributed by atoms with Gasteiger partial charge in [0.05, 0.1) is 0 Å². The Morgan fingerprint density at radius 1 is 0.323 bits per heavy atom. The van der Waals surface area contributed by atoms with Gasteiger partial charge in [0.2, 0.25) is 0 Å². The Kier molecular flexibility index (Phi) is 7.96. The van der Waals surface area contributed by atoms with Gasteiger partial charge in [-0.3, -0.25) is 0 Å². The van der Waals surface area contributed by atoms with Gasteiger partial charge < -0.3 is 9.32 Å². The molecule has 0 amide bonds. The van der Waals surface area contributed by atoms with Crippen LogP contribution in [0.15, 0.2) is 205 Å². The maximum Gasteiger partial charge on any atom is 0.136 e. The first-order chi connectivity index (χ1) is 30.2. The molecule has 2 heteroatoms. The van der Waals surface area contributed by atoms with Gasteiger partial charge in [-0.05, 0) is 139 Å². The van der Waals surface area contributed by atoms with Crippen molar-refractivity contribution in [3.05, 3.63) is 222 Å². The molecule has 0 unspecified atom stereocenters. The summed E-state index contributed by atoms with van der Waals surface area (Å²) >= 11 is 0. The monoisotopic (exact) mass is 795 g/mol. The second-order valence-electron chi connectivity index (χ2n) is 18.1. The highest BCUT2D eigenvalue weighted by atomic mass is 16.3. The highest BCUT2D eigenvalue weighted by Crippen LogP contribution is 2.52. The topological polar surface area (TPSA) is 16.4 Å². The van der Waals surface area contributed by atoms with Crippen molar-refractivity contribution in [2.75, 3.05) is 4.90 Å². The molecule has 10 aromatic rings. The lowest BCUT2D eigenvalue weighted by Gasteiger charge is -2.28. The van der Waals surface area contributed by atoms with E-state index in [0.29, 0.717) is 0 Å². The predicted octanol–water partition coefficient (Wildman–Crippen LogP) is 16.7. The molecule has 2 aliphatic carbocycles. The molecule has 0 fully saturated rings. The molecule has 0 spiro atoms. The van der Waals surface area contributed by atoms with E-state index >= 15 is 0 Å². The van der Waals surface area contributed by atoms with E-state index in [9.17, 15) is 0 Å². The van der Waals surface area contributed by atoms with E-state index in [1.54, 1.807) is 0 Å². The van der Waals surface area contributed by atoms with Crippen LogP contribution in [0.1, 0.15) is 49.9 Å². The summed E-state index contributed by atoms with van der Waals surface area (Å²) in [6, 6.07) is 73.6. The van der Waals surface area contributed by atoms with Crippen molar-refractivity contribution >= 4 is 39.0 Å². The molecule has 12 rings (SSSR count). The van der Waals surface area contributed by atoms with E-state index in [1.807, 2.05) is 12.1 Å². The number of nitrogens with zero attached hydrogens (tertiary/aromatic N) is 1. The average Bonchev–Trinajstić information content (AvgIpc) is 3.89. The van der Waals surface area contributed by atoms with Gasteiger partial charge in [-0.15, -0.1) is 0 Å². The summed E-state index contributed by atoms with van der Waals surface area (Å²) in [4.78, 5) is 2.42. The van der Waals surface area contributed by atoms with E-state index in [0.717, 1.165) is 44.6 Å². The fourth-order valence-corrected chi connectivity index (χ4v) is 10.7. The number of fused-ring (bicyclic) bond motifs is 9. The normalized spacial score (nSPS) is 14.1. The molecule has 2 aliphatic rings. The molecule has 296 valence electrons. The first-order valence-corrected chi connectivity index (χ1v) is 21.7. The molecule has 9 aromatic carbocycles. The molecule has 0 radical (unpaired) electrons. The van der Waals surface area contributed by atoms with Crippen LogP contribution in [-0.2, 0) is 10.8 Å². The Labute approximate surface area is 363 Å². The van der Waals surface area contributed by atoms with Crippen molar-refractivity contribution in [1.29, 1.82) is 0 Å². The van der Waals surface area contributed by atoms with Gasteiger partial charge in [-0.25, -0.2) is 0 Å². The minimum atomic E-state index is -0.124. The Hall–Kier alpha value is -7.42. The van der Waals surface area contributed by atoms with Crippen LogP contribution in [0.25, 0.3) is 77.6 Å². The predicted molar refractivity (Wildman–Crippen MR) is 260 cm³/mol. The summed E-state index contributed by atoms with van der Waals surface area (Å²) in [5, 5.41) is 2.29. The number of hydrogen-bond acceptors (Lipinski definition) is 2. The third kappa shape index (κ3) is 5.49. The van der Waals surface area contributed by atoms with E-state index in [4.69, 9.17) is 4.42 Å². The third-order valence-corrected chi connectivity index (χ3v) is 13.9. The molecule has 62 heavy (non-hydrogen) atoms. The van der Waals surface area contributed by atoms with Crippen molar-refractivity contribution in [3.8, 4) is 55.6 Å². The van der Waals surface area contributed by atoms with Crippen LogP contribution >= 0.6 is 0 Å². The molecular formula is C60H45NO. The number of hydrogen-bond donors (Lipinski definition) is 0. The Morgan fingerprint density at radius 2 is 0.839 bits per heavy atom. The van der Waals surface area contributed by atoms with Crippen molar-refractivity contribution < 1.29 is 4.42 Å². The Morgan fingerprint density at radius 3 is 1.61 bits per heavy atom. The minimum Gasteiger partial charge on any atom is -0.456 e. The van der Waals surface area contributed by atoms with Crippen LogP contribution in [0, 0.1) is 0 Å². The number of benzene rings is 9. The number of rotatable bonds is 6. The number of furan rings is 1. The molecule has 0 saturated heterocycles. The average molecular weight is 796 g/mol. The van der Waals surface area contributed by atoms with E-state index in [-0.39, 0.29) is 10.8 Å². The van der Waals surface area contributed by atoms with E-state index in [2.05, 4.69) is 221 Å². The maximum atomic E-state index is 6.28. The highest BCUT2D eigenvalue weighted by molar-refractivity contribution is 6.12. The number of anilines is 3.